The Morgan fingerprint density at radius 2 is 2.06 bits per heavy atom. The molecule has 18 heavy (non-hydrogen) atoms. The molecule has 2 rings (SSSR count). The van der Waals surface area contributed by atoms with E-state index in [0.29, 0.717) is 6.04 Å². The predicted molar refractivity (Wildman–Crippen MR) is 76.9 cm³/mol. The molecule has 98 valence electrons. The zero-order valence-corrected chi connectivity index (χ0v) is 12.5. The second-order valence-electron chi connectivity index (χ2n) is 5.01. The van der Waals surface area contributed by atoms with Crippen molar-refractivity contribution in [1.29, 1.82) is 0 Å². The Hall–Kier alpha value is -0.870. The number of amides is 1. The second-order valence-corrected chi connectivity index (χ2v) is 5.87. The van der Waals surface area contributed by atoms with E-state index in [0.717, 1.165) is 41.5 Å². The molecule has 0 atom stereocenters. The minimum atomic E-state index is 0.0326. The predicted octanol–water partition coefficient (Wildman–Crippen LogP) is 2.58. The topological polar surface area (TPSA) is 32.3 Å². The number of rotatable bonds is 2. The molecule has 1 aromatic rings. The summed E-state index contributed by atoms with van der Waals surface area (Å²) in [5.41, 5.74) is 1.87. The van der Waals surface area contributed by atoms with E-state index in [4.69, 9.17) is 0 Å². The lowest BCUT2D eigenvalue weighted by molar-refractivity contribution is 0.0917. The van der Waals surface area contributed by atoms with E-state index in [1.807, 2.05) is 25.1 Å². The molecular formula is C14H19BrN2O. The van der Waals surface area contributed by atoms with Crippen molar-refractivity contribution in [2.45, 2.75) is 25.8 Å². The van der Waals surface area contributed by atoms with E-state index in [-0.39, 0.29) is 5.91 Å². The van der Waals surface area contributed by atoms with Crippen molar-refractivity contribution in [1.82, 2.24) is 10.2 Å². The van der Waals surface area contributed by atoms with Crippen LogP contribution in [0.15, 0.2) is 22.7 Å². The molecule has 0 radical (unpaired) electrons. The van der Waals surface area contributed by atoms with Gasteiger partial charge in [0.1, 0.15) is 0 Å². The van der Waals surface area contributed by atoms with Gasteiger partial charge in [-0.15, -0.1) is 0 Å². The van der Waals surface area contributed by atoms with Gasteiger partial charge >= 0.3 is 0 Å². The largest absolute Gasteiger partial charge is 0.349 e. The molecule has 0 bridgehead atoms. The first-order valence-corrected chi connectivity index (χ1v) is 7.11. The normalized spacial score (nSPS) is 17.7. The lowest BCUT2D eigenvalue weighted by atomic mass is 10.0. The third-order valence-corrected chi connectivity index (χ3v) is 4.34. The molecule has 0 spiro atoms. The van der Waals surface area contributed by atoms with Crippen LogP contribution in [0, 0.1) is 6.92 Å². The minimum absolute atomic E-state index is 0.0326. The fraction of sp³-hybridized carbons (Fsp3) is 0.500. The van der Waals surface area contributed by atoms with Crippen molar-refractivity contribution < 1.29 is 4.79 Å². The minimum Gasteiger partial charge on any atom is -0.349 e. The van der Waals surface area contributed by atoms with Gasteiger partial charge in [0.25, 0.3) is 5.91 Å². The number of benzene rings is 1. The van der Waals surface area contributed by atoms with E-state index < -0.39 is 0 Å². The van der Waals surface area contributed by atoms with Crippen molar-refractivity contribution >= 4 is 21.8 Å². The number of aryl methyl sites for hydroxylation is 1. The summed E-state index contributed by atoms with van der Waals surface area (Å²) in [6.45, 7) is 4.13. The highest BCUT2D eigenvalue weighted by molar-refractivity contribution is 9.10. The quantitative estimate of drug-likeness (QED) is 0.910. The monoisotopic (exact) mass is 310 g/mol. The second kappa shape index (κ2) is 5.85. The number of hydrogen-bond acceptors (Lipinski definition) is 2. The van der Waals surface area contributed by atoms with Crippen LogP contribution in [0.25, 0.3) is 0 Å². The highest BCUT2D eigenvalue weighted by Gasteiger charge is 2.19. The summed E-state index contributed by atoms with van der Waals surface area (Å²) in [5, 5.41) is 3.12. The number of carbonyl (C=O) groups is 1. The van der Waals surface area contributed by atoms with E-state index >= 15 is 0 Å². The van der Waals surface area contributed by atoms with Crippen molar-refractivity contribution in [2.75, 3.05) is 20.1 Å². The third kappa shape index (κ3) is 3.33. The first-order chi connectivity index (χ1) is 8.56. The van der Waals surface area contributed by atoms with E-state index in [9.17, 15) is 4.79 Å². The Balaban J connectivity index is 1.97. The number of piperidine rings is 1. The van der Waals surface area contributed by atoms with Gasteiger partial charge in [-0.25, -0.2) is 0 Å². The average Bonchev–Trinajstić information content (AvgIpc) is 2.35. The number of likely N-dealkylation sites (tertiary alicyclic amines) is 1. The molecule has 1 aliphatic rings. The molecule has 4 heteroatoms. The average molecular weight is 311 g/mol. The Bertz CT molecular complexity index is 439. The van der Waals surface area contributed by atoms with E-state index in [2.05, 4.69) is 33.2 Å². The van der Waals surface area contributed by atoms with Gasteiger partial charge in [-0.3, -0.25) is 4.79 Å². The standard InChI is InChI=1S/C14H19BrN2O/c1-10-3-4-11(9-13(10)15)14(18)16-12-5-7-17(2)8-6-12/h3-4,9,12H,5-8H2,1-2H3,(H,16,18). The number of carbonyl (C=O) groups excluding carboxylic acids is 1. The van der Waals surface area contributed by atoms with Crippen molar-refractivity contribution in [3.8, 4) is 0 Å². The van der Waals surface area contributed by atoms with Crippen LogP contribution < -0.4 is 5.32 Å². The van der Waals surface area contributed by atoms with E-state index in [1.54, 1.807) is 0 Å². The Morgan fingerprint density at radius 3 is 2.67 bits per heavy atom. The highest BCUT2D eigenvalue weighted by atomic mass is 79.9. The smallest absolute Gasteiger partial charge is 0.251 e. The Morgan fingerprint density at radius 1 is 1.39 bits per heavy atom. The number of halogens is 1. The van der Waals surface area contributed by atoms with Gasteiger partial charge in [-0.1, -0.05) is 22.0 Å². The molecule has 1 aromatic carbocycles. The van der Waals surface area contributed by atoms with Crippen LogP contribution >= 0.6 is 15.9 Å². The van der Waals surface area contributed by atoms with Crippen LogP contribution in [0.3, 0.4) is 0 Å². The maximum absolute atomic E-state index is 12.1. The summed E-state index contributed by atoms with van der Waals surface area (Å²) in [7, 11) is 2.12. The van der Waals surface area contributed by atoms with E-state index in [1.165, 1.54) is 0 Å². The van der Waals surface area contributed by atoms with Crippen LogP contribution in [-0.4, -0.2) is 37.0 Å². The molecule has 0 saturated carbocycles. The lowest BCUT2D eigenvalue weighted by Gasteiger charge is -2.29. The van der Waals surface area contributed by atoms with Gasteiger partial charge in [0.2, 0.25) is 0 Å². The zero-order chi connectivity index (χ0) is 13.1. The fourth-order valence-electron chi connectivity index (χ4n) is 2.16. The fourth-order valence-corrected chi connectivity index (χ4v) is 2.53. The third-order valence-electron chi connectivity index (χ3n) is 3.49. The Labute approximate surface area is 117 Å². The van der Waals surface area contributed by atoms with Gasteiger partial charge in [0.05, 0.1) is 0 Å². The molecule has 0 aromatic heterocycles. The van der Waals surface area contributed by atoms with Gasteiger partial charge in [-0.05, 0) is 57.6 Å². The summed E-state index contributed by atoms with van der Waals surface area (Å²) >= 11 is 3.46. The molecule has 1 amide bonds. The summed E-state index contributed by atoms with van der Waals surface area (Å²) in [6, 6.07) is 6.05. The number of nitrogens with one attached hydrogen (secondary N) is 1. The summed E-state index contributed by atoms with van der Waals surface area (Å²) in [4.78, 5) is 14.4. The summed E-state index contributed by atoms with van der Waals surface area (Å²) < 4.78 is 0.985. The zero-order valence-electron chi connectivity index (χ0n) is 10.9. The lowest BCUT2D eigenvalue weighted by Crippen LogP contribution is -2.43. The summed E-state index contributed by atoms with van der Waals surface area (Å²) in [6.07, 6.45) is 2.07. The first kappa shape index (κ1) is 13.6. The summed E-state index contributed by atoms with van der Waals surface area (Å²) in [5.74, 6) is 0.0326. The maximum Gasteiger partial charge on any atom is 0.251 e. The van der Waals surface area contributed by atoms with Gasteiger partial charge < -0.3 is 10.2 Å². The number of hydrogen-bond donors (Lipinski definition) is 1. The van der Waals surface area contributed by atoms with Gasteiger partial charge in [0.15, 0.2) is 0 Å². The maximum atomic E-state index is 12.1. The molecule has 1 heterocycles. The number of nitrogens with zero attached hydrogens (tertiary/aromatic N) is 1. The molecule has 1 saturated heterocycles. The SMILES string of the molecule is Cc1ccc(C(=O)NC2CCN(C)CC2)cc1Br. The van der Waals surface area contributed by atoms with Crippen molar-refractivity contribution in [2.24, 2.45) is 0 Å². The molecule has 3 nitrogen and oxygen atoms in total. The van der Waals surface area contributed by atoms with Crippen LogP contribution in [0.4, 0.5) is 0 Å². The van der Waals surface area contributed by atoms with Crippen LogP contribution in [0.5, 0.6) is 0 Å². The molecule has 1 aliphatic heterocycles. The van der Waals surface area contributed by atoms with Gasteiger partial charge in [0, 0.05) is 16.1 Å². The molecule has 0 aliphatic carbocycles. The first-order valence-electron chi connectivity index (χ1n) is 6.32. The van der Waals surface area contributed by atoms with Crippen LogP contribution in [-0.2, 0) is 0 Å². The highest BCUT2D eigenvalue weighted by Crippen LogP contribution is 2.18. The van der Waals surface area contributed by atoms with Crippen molar-refractivity contribution in [3.63, 3.8) is 0 Å². The molecule has 1 N–H and O–H groups in total. The molecular weight excluding hydrogens is 292 g/mol. The molecule has 1 fully saturated rings. The Kier molecular flexibility index (Phi) is 4.40. The van der Waals surface area contributed by atoms with Crippen LogP contribution in [0.1, 0.15) is 28.8 Å². The van der Waals surface area contributed by atoms with Crippen LogP contribution in [0.2, 0.25) is 0 Å². The molecule has 0 unspecified atom stereocenters. The van der Waals surface area contributed by atoms with Crippen molar-refractivity contribution in [3.05, 3.63) is 33.8 Å². The van der Waals surface area contributed by atoms with Gasteiger partial charge in [-0.2, -0.15) is 0 Å².